The van der Waals surface area contributed by atoms with Crippen LogP contribution in [0.2, 0.25) is 0 Å². The van der Waals surface area contributed by atoms with Gasteiger partial charge in [0.05, 0.1) is 11.8 Å². The molecule has 2 fully saturated rings. The minimum absolute atomic E-state index is 0.00116. The number of nitrogens with zero attached hydrogens (tertiary/aromatic N) is 2. The van der Waals surface area contributed by atoms with E-state index in [2.05, 4.69) is 5.32 Å². The zero-order valence-electron chi connectivity index (χ0n) is 14.8. The van der Waals surface area contributed by atoms with Crippen LogP contribution in [-0.2, 0) is 4.74 Å². The number of urea groups is 1. The number of likely N-dealkylation sites (tertiary alicyclic amines) is 2. The Hall–Kier alpha value is -2.02. The van der Waals surface area contributed by atoms with Crippen molar-refractivity contribution in [3.8, 4) is 0 Å². The van der Waals surface area contributed by atoms with Crippen molar-refractivity contribution in [2.75, 3.05) is 39.9 Å². The van der Waals surface area contributed by atoms with E-state index < -0.39 is 0 Å². The molecule has 0 aromatic carbocycles. The molecular formula is C18H27N3O4. The van der Waals surface area contributed by atoms with Crippen LogP contribution >= 0.6 is 0 Å². The molecule has 0 spiro atoms. The highest BCUT2D eigenvalue weighted by Crippen LogP contribution is 2.18. The number of carbonyl (C=O) groups excluding carboxylic acids is 2. The van der Waals surface area contributed by atoms with Crippen molar-refractivity contribution in [2.45, 2.75) is 31.7 Å². The van der Waals surface area contributed by atoms with Crippen LogP contribution in [0.3, 0.4) is 0 Å². The third-order valence-corrected chi connectivity index (χ3v) is 5.18. The van der Waals surface area contributed by atoms with Crippen molar-refractivity contribution in [1.29, 1.82) is 0 Å². The Morgan fingerprint density at radius 3 is 2.44 bits per heavy atom. The fraction of sp³-hybridized carbons (Fsp3) is 0.667. The summed E-state index contributed by atoms with van der Waals surface area (Å²) in [5, 5.41) is 3.13. The standard InChI is InChI=1S/C18H27N3O4/c1-24-12-14-2-7-21(8-3-14)18(23)19-16-4-9-20(10-5-16)17(22)15-6-11-25-13-15/h6,11,13-14,16H,2-5,7-10,12H2,1H3,(H,19,23). The Morgan fingerprint density at radius 2 is 1.84 bits per heavy atom. The molecular weight excluding hydrogens is 322 g/mol. The molecule has 138 valence electrons. The Kier molecular flexibility index (Phi) is 5.96. The Bertz CT molecular complexity index is 559. The molecule has 2 saturated heterocycles. The van der Waals surface area contributed by atoms with Crippen LogP contribution in [0.15, 0.2) is 23.0 Å². The van der Waals surface area contributed by atoms with Gasteiger partial charge in [-0.05, 0) is 37.7 Å². The average molecular weight is 349 g/mol. The van der Waals surface area contributed by atoms with Gasteiger partial charge < -0.3 is 24.3 Å². The lowest BCUT2D eigenvalue weighted by molar-refractivity contribution is 0.0703. The zero-order chi connectivity index (χ0) is 17.6. The quantitative estimate of drug-likeness (QED) is 0.902. The molecule has 2 aliphatic rings. The summed E-state index contributed by atoms with van der Waals surface area (Å²) in [7, 11) is 1.72. The number of hydrogen-bond donors (Lipinski definition) is 1. The van der Waals surface area contributed by atoms with Crippen molar-refractivity contribution >= 4 is 11.9 Å². The number of carbonyl (C=O) groups is 2. The average Bonchev–Trinajstić information content (AvgIpc) is 3.17. The van der Waals surface area contributed by atoms with Gasteiger partial charge >= 0.3 is 6.03 Å². The highest BCUT2D eigenvalue weighted by Gasteiger charge is 2.28. The first-order valence-corrected chi connectivity index (χ1v) is 9.03. The van der Waals surface area contributed by atoms with E-state index in [-0.39, 0.29) is 18.0 Å². The monoisotopic (exact) mass is 349 g/mol. The molecule has 3 amide bonds. The number of furan rings is 1. The molecule has 3 heterocycles. The topological polar surface area (TPSA) is 75.0 Å². The molecule has 7 nitrogen and oxygen atoms in total. The molecule has 1 aromatic heterocycles. The van der Waals surface area contributed by atoms with Gasteiger partial charge in [0.25, 0.3) is 5.91 Å². The van der Waals surface area contributed by atoms with Crippen molar-refractivity contribution in [2.24, 2.45) is 5.92 Å². The van der Waals surface area contributed by atoms with Gasteiger partial charge in [-0.1, -0.05) is 0 Å². The Balaban J connectivity index is 1.40. The van der Waals surface area contributed by atoms with E-state index in [0.717, 1.165) is 45.4 Å². The van der Waals surface area contributed by atoms with Gasteiger partial charge in [0.2, 0.25) is 0 Å². The van der Waals surface area contributed by atoms with Crippen LogP contribution in [0.5, 0.6) is 0 Å². The fourth-order valence-corrected chi connectivity index (χ4v) is 3.60. The number of ether oxygens (including phenoxy) is 1. The first-order valence-electron chi connectivity index (χ1n) is 9.03. The molecule has 1 aromatic rings. The van der Waals surface area contributed by atoms with Crippen molar-refractivity contribution in [3.63, 3.8) is 0 Å². The molecule has 2 aliphatic heterocycles. The van der Waals surface area contributed by atoms with Crippen molar-refractivity contribution in [1.82, 2.24) is 15.1 Å². The molecule has 1 N–H and O–H groups in total. The summed E-state index contributed by atoms with van der Waals surface area (Å²) in [5.41, 5.74) is 0.585. The lowest BCUT2D eigenvalue weighted by Crippen LogP contribution is -2.51. The van der Waals surface area contributed by atoms with Gasteiger partial charge in [0.1, 0.15) is 6.26 Å². The lowest BCUT2D eigenvalue weighted by atomic mass is 9.98. The van der Waals surface area contributed by atoms with Crippen LogP contribution < -0.4 is 5.32 Å². The molecule has 0 atom stereocenters. The normalized spacial score (nSPS) is 19.9. The second kappa shape index (κ2) is 8.38. The number of methoxy groups -OCH3 is 1. The highest BCUT2D eigenvalue weighted by molar-refractivity contribution is 5.93. The summed E-state index contributed by atoms with van der Waals surface area (Å²) >= 11 is 0. The van der Waals surface area contributed by atoms with E-state index in [0.29, 0.717) is 24.6 Å². The van der Waals surface area contributed by atoms with Crippen molar-refractivity contribution < 1.29 is 18.7 Å². The van der Waals surface area contributed by atoms with Gasteiger partial charge in [-0.3, -0.25) is 4.79 Å². The maximum Gasteiger partial charge on any atom is 0.317 e. The van der Waals surface area contributed by atoms with Crippen LogP contribution in [0.4, 0.5) is 4.79 Å². The fourth-order valence-electron chi connectivity index (χ4n) is 3.60. The number of piperidine rings is 2. The van der Waals surface area contributed by atoms with Crippen LogP contribution in [-0.4, -0.2) is 67.7 Å². The molecule has 0 saturated carbocycles. The zero-order valence-corrected chi connectivity index (χ0v) is 14.8. The second-order valence-electron chi connectivity index (χ2n) is 6.91. The molecule has 3 rings (SSSR count). The van der Waals surface area contributed by atoms with Gasteiger partial charge in [0.15, 0.2) is 0 Å². The third kappa shape index (κ3) is 4.54. The molecule has 0 unspecified atom stereocenters. The summed E-state index contributed by atoms with van der Waals surface area (Å²) in [6.45, 7) is 3.67. The smallest absolute Gasteiger partial charge is 0.317 e. The van der Waals surface area contributed by atoms with E-state index in [4.69, 9.17) is 9.15 Å². The van der Waals surface area contributed by atoms with E-state index in [1.54, 1.807) is 13.2 Å². The summed E-state index contributed by atoms with van der Waals surface area (Å²) in [4.78, 5) is 28.4. The molecule has 7 heteroatoms. The second-order valence-corrected chi connectivity index (χ2v) is 6.91. The molecule has 0 aliphatic carbocycles. The summed E-state index contributed by atoms with van der Waals surface area (Å²) in [6, 6.07) is 1.84. The SMILES string of the molecule is COCC1CCN(C(=O)NC2CCN(C(=O)c3ccoc3)CC2)CC1. The van der Waals surface area contributed by atoms with Crippen molar-refractivity contribution in [3.05, 3.63) is 24.2 Å². The first-order chi connectivity index (χ1) is 12.2. The number of hydrogen-bond acceptors (Lipinski definition) is 4. The Labute approximate surface area is 148 Å². The van der Waals surface area contributed by atoms with Crippen LogP contribution in [0.1, 0.15) is 36.0 Å². The van der Waals surface area contributed by atoms with E-state index in [1.807, 2.05) is 9.80 Å². The number of amides is 3. The molecule has 25 heavy (non-hydrogen) atoms. The van der Waals surface area contributed by atoms with Gasteiger partial charge in [-0.25, -0.2) is 4.79 Å². The Morgan fingerprint density at radius 1 is 1.16 bits per heavy atom. The largest absolute Gasteiger partial charge is 0.472 e. The van der Waals surface area contributed by atoms with Gasteiger partial charge in [0, 0.05) is 45.9 Å². The molecule has 0 bridgehead atoms. The van der Waals surface area contributed by atoms with Gasteiger partial charge in [-0.15, -0.1) is 0 Å². The first kappa shape index (κ1) is 17.8. The van der Waals surface area contributed by atoms with E-state index >= 15 is 0 Å². The maximum absolute atomic E-state index is 12.4. The third-order valence-electron chi connectivity index (χ3n) is 5.18. The minimum atomic E-state index is -0.00116. The van der Waals surface area contributed by atoms with E-state index in [9.17, 15) is 9.59 Å². The van der Waals surface area contributed by atoms with Gasteiger partial charge in [-0.2, -0.15) is 0 Å². The maximum atomic E-state index is 12.4. The van der Waals surface area contributed by atoms with Crippen LogP contribution in [0.25, 0.3) is 0 Å². The number of rotatable bonds is 4. The number of nitrogens with one attached hydrogen (secondary N) is 1. The predicted molar refractivity (Wildman–Crippen MR) is 92.3 cm³/mol. The van der Waals surface area contributed by atoms with Crippen LogP contribution in [0, 0.1) is 5.92 Å². The van der Waals surface area contributed by atoms with E-state index in [1.165, 1.54) is 12.5 Å². The summed E-state index contributed by atoms with van der Waals surface area (Å²) < 4.78 is 10.2. The lowest BCUT2D eigenvalue weighted by Gasteiger charge is -2.35. The summed E-state index contributed by atoms with van der Waals surface area (Å²) in [6.07, 6.45) is 6.56. The highest BCUT2D eigenvalue weighted by atomic mass is 16.5. The predicted octanol–water partition coefficient (Wildman–Crippen LogP) is 1.95. The summed E-state index contributed by atoms with van der Waals surface area (Å²) in [5.74, 6) is 0.560. The minimum Gasteiger partial charge on any atom is -0.472 e. The molecule has 0 radical (unpaired) electrons.